The summed E-state index contributed by atoms with van der Waals surface area (Å²) in [6, 6.07) is 6.12. The molecule has 0 saturated heterocycles. The van der Waals surface area contributed by atoms with Crippen LogP contribution in [-0.4, -0.2) is 42.7 Å². The Labute approximate surface area is 120 Å². The maximum absolute atomic E-state index is 6.17. The number of rotatable bonds is 4. The molecule has 0 radical (unpaired) electrons. The monoisotopic (exact) mass is 281 g/mol. The van der Waals surface area contributed by atoms with Crippen molar-refractivity contribution in [3.05, 3.63) is 23.8 Å². The topological polar surface area (TPSA) is 21.7 Å². The molecular weight excluding hydrogens is 258 g/mol. The van der Waals surface area contributed by atoms with Crippen LogP contribution >= 0.6 is 11.8 Å². The summed E-state index contributed by atoms with van der Waals surface area (Å²) in [4.78, 5) is 2.47. The highest BCUT2D eigenvalue weighted by Gasteiger charge is 2.28. The van der Waals surface area contributed by atoms with E-state index in [1.165, 1.54) is 5.56 Å². The summed E-state index contributed by atoms with van der Waals surface area (Å²) in [6.07, 6.45) is 2.15. The molecule has 0 N–H and O–H groups in total. The molecular formula is C15H23NO2S. The van der Waals surface area contributed by atoms with Gasteiger partial charge in [-0.15, -0.1) is 0 Å². The van der Waals surface area contributed by atoms with Gasteiger partial charge in [0.1, 0.15) is 17.1 Å². The van der Waals surface area contributed by atoms with Gasteiger partial charge in [-0.2, -0.15) is 11.8 Å². The molecule has 1 aliphatic heterocycles. The number of thioether (sulfide) groups is 1. The molecule has 0 amide bonds. The van der Waals surface area contributed by atoms with Gasteiger partial charge in [-0.3, -0.25) is 4.90 Å². The third kappa shape index (κ3) is 3.80. The van der Waals surface area contributed by atoms with E-state index in [0.29, 0.717) is 0 Å². The smallest absolute Gasteiger partial charge is 0.128 e. The van der Waals surface area contributed by atoms with Gasteiger partial charge >= 0.3 is 0 Å². The first-order valence-corrected chi connectivity index (χ1v) is 8.01. The minimum absolute atomic E-state index is 0.171. The highest BCUT2D eigenvalue weighted by atomic mass is 32.2. The molecule has 3 nitrogen and oxygen atoms in total. The number of methoxy groups -OCH3 is 1. The van der Waals surface area contributed by atoms with Gasteiger partial charge in [0, 0.05) is 37.0 Å². The molecule has 1 aromatic rings. The summed E-state index contributed by atoms with van der Waals surface area (Å²) < 4.78 is 11.5. The van der Waals surface area contributed by atoms with Crippen LogP contribution in [-0.2, 0) is 6.54 Å². The van der Waals surface area contributed by atoms with Crippen molar-refractivity contribution in [3.63, 3.8) is 0 Å². The Morgan fingerprint density at radius 3 is 2.89 bits per heavy atom. The molecule has 0 unspecified atom stereocenters. The predicted octanol–water partition coefficient (Wildman–Crippen LogP) is 3.03. The highest BCUT2D eigenvalue weighted by molar-refractivity contribution is 7.98. The van der Waals surface area contributed by atoms with E-state index in [0.717, 1.165) is 36.9 Å². The van der Waals surface area contributed by atoms with Gasteiger partial charge in [-0.1, -0.05) is 6.07 Å². The van der Waals surface area contributed by atoms with Gasteiger partial charge in [0.2, 0.25) is 0 Å². The van der Waals surface area contributed by atoms with E-state index in [-0.39, 0.29) is 5.60 Å². The lowest BCUT2D eigenvalue weighted by Gasteiger charge is -2.29. The van der Waals surface area contributed by atoms with Crippen molar-refractivity contribution >= 4 is 11.8 Å². The molecule has 0 atom stereocenters. The zero-order valence-electron chi connectivity index (χ0n) is 12.2. The first kappa shape index (κ1) is 14.5. The third-order valence-electron chi connectivity index (χ3n) is 3.27. The first-order valence-electron chi connectivity index (χ1n) is 6.61. The Morgan fingerprint density at radius 2 is 2.21 bits per heavy atom. The molecule has 106 valence electrons. The predicted molar refractivity (Wildman–Crippen MR) is 81.4 cm³/mol. The molecule has 0 fully saturated rings. The lowest BCUT2D eigenvalue weighted by atomic mass is 10.1. The Kier molecular flexibility index (Phi) is 4.63. The fourth-order valence-electron chi connectivity index (χ4n) is 2.43. The lowest BCUT2D eigenvalue weighted by molar-refractivity contribution is 0.0735. The molecule has 1 aliphatic rings. The van der Waals surface area contributed by atoms with E-state index >= 15 is 0 Å². The third-order valence-corrected chi connectivity index (χ3v) is 3.86. The minimum Gasteiger partial charge on any atom is -0.497 e. The van der Waals surface area contributed by atoms with E-state index in [1.54, 1.807) is 7.11 Å². The van der Waals surface area contributed by atoms with E-state index in [1.807, 2.05) is 23.9 Å². The Bertz CT molecular complexity index is 434. The normalized spacial score (nSPS) is 18.3. The Balaban J connectivity index is 2.24. The number of hydrogen-bond donors (Lipinski definition) is 0. The molecule has 0 aliphatic carbocycles. The molecule has 2 rings (SSSR count). The second-order valence-corrected chi connectivity index (χ2v) is 6.52. The summed E-state index contributed by atoms with van der Waals surface area (Å²) in [7, 11) is 1.69. The van der Waals surface area contributed by atoms with Crippen molar-refractivity contribution in [1.82, 2.24) is 4.90 Å². The number of nitrogens with zero attached hydrogens (tertiary/aromatic N) is 1. The van der Waals surface area contributed by atoms with Crippen LogP contribution in [0.3, 0.4) is 0 Å². The zero-order valence-corrected chi connectivity index (χ0v) is 13.0. The quantitative estimate of drug-likeness (QED) is 0.845. The molecule has 0 saturated carbocycles. The molecule has 0 bridgehead atoms. The molecule has 1 heterocycles. The van der Waals surface area contributed by atoms with Crippen molar-refractivity contribution < 1.29 is 9.47 Å². The molecule has 4 heteroatoms. The molecule has 0 aromatic heterocycles. The summed E-state index contributed by atoms with van der Waals surface area (Å²) in [5, 5.41) is 0. The maximum Gasteiger partial charge on any atom is 0.128 e. The number of benzene rings is 1. The van der Waals surface area contributed by atoms with Crippen LogP contribution in [0, 0.1) is 0 Å². The standard InChI is InChI=1S/C15H23NO2S/c1-15(2)11-16(7-8-19-4)10-12-5-6-13(17-3)9-14(12)18-15/h5-6,9H,7-8,10-11H2,1-4H3. The molecule has 19 heavy (non-hydrogen) atoms. The Morgan fingerprint density at radius 1 is 1.42 bits per heavy atom. The number of hydrogen-bond acceptors (Lipinski definition) is 4. The van der Waals surface area contributed by atoms with Crippen molar-refractivity contribution in [2.75, 3.05) is 32.2 Å². The summed E-state index contributed by atoms with van der Waals surface area (Å²) in [6.45, 7) is 7.29. The van der Waals surface area contributed by atoms with Gasteiger partial charge in [0.15, 0.2) is 0 Å². The van der Waals surface area contributed by atoms with Crippen LogP contribution in [0.2, 0.25) is 0 Å². The largest absolute Gasteiger partial charge is 0.497 e. The second-order valence-electron chi connectivity index (χ2n) is 5.54. The van der Waals surface area contributed by atoms with Gasteiger partial charge < -0.3 is 9.47 Å². The molecule has 0 spiro atoms. The van der Waals surface area contributed by atoms with Crippen LogP contribution in [0.15, 0.2) is 18.2 Å². The van der Waals surface area contributed by atoms with Gasteiger partial charge in [-0.05, 0) is 26.2 Å². The Hall–Kier alpha value is -0.870. The van der Waals surface area contributed by atoms with Gasteiger partial charge in [0.05, 0.1) is 7.11 Å². The van der Waals surface area contributed by atoms with Crippen molar-refractivity contribution in [2.45, 2.75) is 26.0 Å². The van der Waals surface area contributed by atoms with Gasteiger partial charge in [-0.25, -0.2) is 0 Å². The van der Waals surface area contributed by atoms with Crippen LogP contribution < -0.4 is 9.47 Å². The number of ether oxygens (including phenoxy) is 2. The fourth-order valence-corrected chi connectivity index (χ4v) is 2.87. The zero-order chi connectivity index (χ0) is 13.9. The van der Waals surface area contributed by atoms with Crippen LogP contribution in [0.25, 0.3) is 0 Å². The second kappa shape index (κ2) is 6.06. The lowest BCUT2D eigenvalue weighted by Crippen LogP contribution is -2.41. The highest BCUT2D eigenvalue weighted by Crippen LogP contribution is 2.32. The number of fused-ring (bicyclic) bond motifs is 1. The SMILES string of the molecule is COc1ccc2c(c1)OC(C)(C)CN(CCSC)C2. The summed E-state index contributed by atoms with van der Waals surface area (Å²) >= 11 is 1.89. The first-order chi connectivity index (χ1) is 9.04. The summed E-state index contributed by atoms with van der Waals surface area (Å²) in [5.41, 5.74) is 1.07. The van der Waals surface area contributed by atoms with E-state index < -0.39 is 0 Å². The van der Waals surface area contributed by atoms with Crippen LogP contribution in [0.1, 0.15) is 19.4 Å². The van der Waals surface area contributed by atoms with Crippen LogP contribution in [0.5, 0.6) is 11.5 Å². The molecule has 1 aromatic carbocycles. The average molecular weight is 281 g/mol. The van der Waals surface area contributed by atoms with E-state index in [9.17, 15) is 0 Å². The average Bonchev–Trinajstić information content (AvgIpc) is 2.49. The van der Waals surface area contributed by atoms with Crippen molar-refractivity contribution in [3.8, 4) is 11.5 Å². The minimum atomic E-state index is -0.171. The maximum atomic E-state index is 6.17. The van der Waals surface area contributed by atoms with E-state index in [4.69, 9.17) is 9.47 Å². The van der Waals surface area contributed by atoms with E-state index in [2.05, 4.69) is 31.1 Å². The van der Waals surface area contributed by atoms with Crippen LogP contribution in [0.4, 0.5) is 0 Å². The van der Waals surface area contributed by atoms with Crippen molar-refractivity contribution in [1.29, 1.82) is 0 Å². The van der Waals surface area contributed by atoms with Gasteiger partial charge in [0.25, 0.3) is 0 Å². The van der Waals surface area contributed by atoms with Crippen molar-refractivity contribution in [2.24, 2.45) is 0 Å². The fraction of sp³-hybridized carbons (Fsp3) is 0.600. The summed E-state index contributed by atoms with van der Waals surface area (Å²) in [5.74, 6) is 2.96.